The summed E-state index contributed by atoms with van der Waals surface area (Å²) in [5.74, 6) is 1.54. The molecule has 1 unspecified atom stereocenters. The summed E-state index contributed by atoms with van der Waals surface area (Å²) >= 11 is 0. The predicted molar refractivity (Wildman–Crippen MR) is 131 cm³/mol. The molecule has 1 atom stereocenters. The molecule has 2 aliphatic heterocycles. The van der Waals surface area contributed by atoms with E-state index in [9.17, 15) is 0 Å². The van der Waals surface area contributed by atoms with E-state index in [-0.39, 0.29) is 0 Å². The Morgan fingerprint density at radius 2 is 1.56 bits per heavy atom. The summed E-state index contributed by atoms with van der Waals surface area (Å²) in [6, 6.07) is 9.22. The fourth-order valence-corrected chi connectivity index (χ4v) is 4.82. The molecule has 2 saturated heterocycles. The molecule has 2 N–H and O–H groups in total. The summed E-state index contributed by atoms with van der Waals surface area (Å²) in [7, 11) is 1.86. The lowest BCUT2D eigenvalue weighted by Crippen LogP contribution is -2.53. The molecule has 0 bridgehead atoms. The number of rotatable bonds is 10. The van der Waals surface area contributed by atoms with Crippen LogP contribution < -0.4 is 10.6 Å². The average molecular weight is 446 g/mol. The van der Waals surface area contributed by atoms with Gasteiger partial charge in [-0.1, -0.05) is 51.0 Å². The predicted octanol–water partition coefficient (Wildman–Crippen LogP) is 2.32. The summed E-state index contributed by atoms with van der Waals surface area (Å²) in [6.07, 6.45) is 2.39. The largest absolute Gasteiger partial charge is 0.379 e. The van der Waals surface area contributed by atoms with E-state index in [1.807, 2.05) is 7.05 Å². The molecule has 2 fully saturated rings. The Hall–Kier alpha value is -1.67. The standard InChI is InChI=1S/C25H43N5O2/c1-4-21(5-2)24(30-12-16-32-17-13-30)19-28-25(26-3)27-18-22-8-6-7-9-23(22)20-29-10-14-31-15-11-29/h6-9,21,24H,4-5,10-20H2,1-3H3,(H2,26,27,28). The van der Waals surface area contributed by atoms with E-state index in [2.05, 4.69) is 63.5 Å². The van der Waals surface area contributed by atoms with Gasteiger partial charge in [0.1, 0.15) is 0 Å². The van der Waals surface area contributed by atoms with Gasteiger partial charge >= 0.3 is 0 Å². The fraction of sp³-hybridized carbons (Fsp3) is 0.720. The summed E-state index contributed by atoms with van der Waals surface area (Å²) in [5.41, 5.74) is 2.70. The minimum absolute atomic E-state index is 0.501. The zero-order valence-corrected chi connectivity index (χ0v) is 20.3. The van der Waals surface area contributed by atoms with Gasteiger partial charge < -0.3 is 20.1 Å². The first-order valence-corrected chi connectivity index (χ1v) is 12.4. The lowest BCUT2D eigenvalue weighted by Gasteiger charge is -2.39. The van der Waals surface area contributed by atoms with Crippen molar-refractivity contribution in [1.82, 2.24) is 20.4 Å². The summed E-state index contributed by atoms with van der Waals surface area (Å²) in [5, 5.41) is 7.17. The molecule has 3 rings (SSSR count). The molecular formula is C25H43N5O2. The highest BCUT2D eigenvalue weighted by molar-refractivity contribution is 5.79. The Kier molecular flexibility index (Phi) is 10.8. The van der Waals surface area contributed by atoms with Gasteiger partial charge in [0.2, 0.25) is 0 Å². The van der Waals surface area contributed by atoms with Crippen molar-refractivity contribution in [1.29, 1.82) is 0 Å². The highest BCUT2D eigenvalue weighted by Crippen LogP contribution is 2.19. The molecule has 1 aromatic carbocycles. The minimum Gasteiger partial charge on any atom is -0.379 e. The Balaban J connectivity index is 1.56. The van der Waals surface area contributed by atoms with Crippen LogP contribution >= 0.6 is 0 Å². The van der Waals surface area contributed by atoms with Crippen LogP contribution in [-0.2, 0) is 22.6 Å². The third-order valence-electron chi connectivity index (χ3n) is 6.87. The zero-order chi connectivity index (χ0) is 22.6. The lowest BCUT2D eigenvalue weighted by atomic mass is 9.92. The number of nitrogens with one attached hydrogen (secondary N) is 2. The van der Waals surface area contributed by atoms with E-state index in [1.54, 1.807) is 0 Å². The second kappa shape index (κ2) is 13.8. The minimum atomic E-state index is 0.501. The van der Waals surface area contributed by atoms with Crippen molar-refractivity contribution >= 4 is 5.96 Å². The lowest BCUT2D eigenvalue weighted by molar-refractivity contribution is 0.00272. The highest BCUT2D eigenvalue weighted by Gasteiger charge is 2.27. The first-order valence-electron chi connectivity index (χ1n) is 12.4. The molecule has 0 spiro atoms. The Morgan fingerprint density at radius 3 is 2.19 bits per heavy atom. The molecule has 0 radical (unpaired) electrons. The van der Waals surface area contributed by atoms with E-state index in [0.717, 1.165) is 78.2 Å². The van der Waals surface area contributed by atoms with Crippen LogP contribution in [0.1, 0.15) is 37.8 Å². The van der Waals surface area contributed by atoms with Gasteiger partial charge in [-0.3, -0.25) is 14.8 Å². The van der Waals surface area contributed by atoms with Crippen molar-refractivity contribution in [3.63, 3.8) is 0 Å². The normalized spacial score (nSPS) is 19.8. The Bertz CT molecular complexity index is 683. The number of aliphatic imine (C=N–C) groups is 1. The topological polar surface area (TPSA) is 61.4 Å². The molecule has 180 valence electrons. The van der Waals surface area contributed by atoms with Crippen LogP contribution in [0.25, 0.3) is 0 Å². The van der Waals surface area contributed by atoms with Crippen molar-refractivity contribution in [3.05, 3.63) is 35.4 Å². The van der Waals surface area contributed by atoms with E-state index in [1.165, 1.54) is 24.0 Å². The number of nitrogens with zero attached hydrogens (tertiary/aromatic N) is 3. The third-order valence-corrected chi connectivity index (χ3v) is 6.87. The number of hydrogen-bond acceptors (Lipinski definition) is 5. The molecule has 0 amide bonds. The second-order valence-electron chi connectivity index (χ2n) is 8.76. The molecule has 32 heavy (non-hydrogen) atoms. The zero-order valence-electron chi connectivity index (χ0n) is 20.3. The maximum absolute atomic E-state index is 5.59. The van der Waals surface area contributed by atoms with Gasteiger partial charge in [0.25, 0.3) is 0 Å². The molecule has 0 aromatic heterocycles. The van der Waals surface area contributed by atoms with Crippen molar-refractivity contribution in [2.45, 2.75) is 45.8 Å². The smallest absolute Gasteiger partial charge is 0.191 e. The first-order chi connectivity index (χ1) is 15.7. The molecule has 1 aromatic rings. The molecule has 2 heterocycles. The molecule has 2 aliphatic rings. The highest BCUT2D eigenvalue weighted by atomic mass is 16.5. The van der Waals surface area contributed by atoms with E-state index < -0.39 is 0 Å². The van der Waals surface area contributed by atoms with Gasteiger partial charge in [-0.05, 0) is 17.0 Å². The SMILES string of the molecule is CCC(CC)C(CNC(=NC)NCc1ccccc1CN1CCOCC1)N1CCOCC1. The average Bonchev–Trinajstić information content (AvgIpc) is 2.85. The summed E-state index contributed by atoms with van der Waals surface area (Å²) in [6.45, 7) is 14.6. The molecule has 7 heteroatoms. The second-order valence-corrected chi connectivity index (χ2v) is 8.76. The van der Waals surface area contributed by atoms with Crippen molar-refractivity contribution < 1.29 is 9.47 Å². The van der Waals surface area contributed by atoms with Crippen molar-refractivity contribution in [2.75, 3.05) is 66.2 Å². The van der Waals surface area contributed by atoms with Crippen LogP contribution in [0.4, 0.5) is 0 Å². The van der Waals surface area contributed by atoms with Gasteiger partial charge in [-0.15, -0.1) is 0 Å². The molecule has 7 nitrogen and oxygen atoms in total. The van der Waals surface area contributed by atoms with Crippen LogP contribution in [0.5, 0.6) is 0 Å². The first kappa shape index (κ1) is 25.0. The van der Waals surface area contributed by atoms with E-state index in [0.29, 0.717) is 12.0 Å². The van der Waals surface area contributed by atoms with Gasteiger partial charge in [-0.25, -0.2) is 0 Å². The number of ether oxygens (including phenoxy) is 2. The van der Waals surface area contributed by atoms with Gasteiger partial charge in [-0.2, -0.15) is 0 Å². The fourth-order valence-electron chi connectivity index (χ4n) is 4.82. The van der Waals surface area contributed by atoms with Gasteiger partial charge in [0.15, 0.2) is 5.96 Å². The van der Waals surface area contributed by atoms with E-state index in [4.69, 9.17) is 9.47 Å². The van der Waals surface area contributed by atoms with Crippen molar-refractivity contribution in [2.24, 2.45) is 10.9 Å². The Labute approximate surface area is 194 Å². The van der Waals surface area contributed by atoms with Crippen LogP contribution in [0.15, 0.2) is 29.3 Å². The molecular weight excluding hydrogens is 402 g/mol. The molecule has 0 aliphatic carbocycles. The monoisotopic (exact) mass is 445 g/mol. The van der Waals surface area contributed by atoms with Gasteiger partial charge in [0.05, 0.1) is 26.4 Å². The van der Waals surface area contributed by atoms with Crippen LogP contribution in [0, 0.1) is 5.92 Å². The summed E-state index contributed by atoms with van der Waals surface area (Å²) < 4.78 is 11.1. The van der Waals surface area contributed by atoms with Crippen LogP contribution in [-0.4, -0.2) is 88.0 Å². The maximum atomic E-state index is 5.59. The van der Waals surface area contributed by atoms with E-state index >= 15 is 0 Å². The van der Waals surface area contributed by atoms with Crippen LogP contribution in [0.3, 0.4) is 0 Å². The van der Waals surface area contributed by atoms with Gasteiger partial charge in [0, 0.05) is 58.9 Å². The number of guanidine groups is 1. The third kappa shape index (κ3) is 7.44. The number of morpholine rings is 2. The summed E-state index contributed by atoms with van der Waals surface area (Å²) in [4.78, 5) is 9.57. The van der Waals surface area contributed by atoms with Crippen molar-refractivity contribution in [3.8, 4) is 0 Å². The quantitative estimate of drug-likeness (QED) is 0.426. The molecule has 0 saturated carbocycles. The maximum Gasteiger partial charge on any atom is 0.191 e. The number of hydrogen-bond donors (Lipinski definition) is 2. The Morgan fingerprint density at radius 1 is 0.938 bits per heavy atom. The van der Waals surface area contributed by atoms with Crippen LogP contribution in [0.2, 0.25) is 0 Å². The number of benzene rings is 1.